The van der Waals surface area contributed by atoms with Gasteiger partial charge in [0, 0.05) is 53.3 Å². The number of aromatic amines is 2. The van der Waals surface area contributed by atoms with Crippen LogP contribution in [0.25, 0.3) is 10.9 Å². The molecule has 0 aliphatic rings. The van der Waals surface area contributed by atoms with Crippen LogP contribution in [0.4, 0.5) is 0 Å². The largest absolute Gasteiger partial charge is 0.508 e. The minimum atomic E-state index is -1.35. The Morgan fingerprint density at radius 2 is 1.18 bits per heavy atom. The van der Waals surface area contributed by atoms with E-state index in [4.69, 9.17) is 5.73 Å². The number of hydrogen-bond acceptors (Lipinski definition) is 14. The van der Waals surface area contributed by atoms with Crippen molar-refractivity contribution in [2.24, 2.45) is 17.6 Å². The second-order valence-corrected chi connectivity index (χ2v) is 18.5. The average Bonchev–Trinajstić information content (AvgIpc) is 4.02. The summed E-state index contributed by atoms with van der Waals surface area (Å²) in [6.07, 6.45) is 4.54. The molecule has 0 fully saturated rings. The fraction of sp³-hybridized carbons (Fsp3) is 0.447. The predicted molar refractivity (Wildman–Crippen MR) is 271 cm³/mol. The van der Waals surface area contributed by atoms with Crippen molar-refractivity contribution in [2.75, 3.05) is 18.1 Å². The van der Waals surface area contributed by atoms with Gasteiger partial charge in [-0.05, 0) is 54.5 Å². The maximum Gasteiger partial charge on any atom is 0.327 e. The zero-order chi connectivity index (χ0) is 53.2. The molecule has 4 aromatic rings. The first kappa shape index (κ1) is 57.5. The van der Waals surface area contributed by atoms with E-state index in [1.807, 2.05) is 24.3 Å². The van der Waals surface area contributed by atoms with Crippen LogP contribution < -0.4 is 48.3 Å². The third-order valence-corrected chi connectivity index (χ3v) is 12.1. The summed E-state index contributed by atoms with van der Waals surface area (Å²) in [4.78, 5) is 129. The van der Waals surface area contributed by atoms with Crippen LogP contribution in [0.2, 0.25) is 0 Å². The molecule has 8 atom stereocenters. The number of nitrogens with zero attached hydrogens (tertiary/aromatic N) is 1. The van der Waals surface area contributed by atoms with Crippen LogP contribution in [0.1, 0.15) is 51.4 Å². The highest BCUT2D eigenvalue weighted by molar-refractivity contribution is 7.80. The molecule has 0 saturated heterocycles. The van der Waals surface area contributed by atoms with Gasteiger partial charge < -0.3 is 68.4 Å². The number of nitrogens with two attached hydrogens (primary N) is 1. The van der Waals surface area contributed by atoms with Crippen LogP contribution in [-0.4, -0.2) is 145 Å². The molecule has 0 spiro atoms. The Balaban J connectivity index is 1.35. The lowest BCUT2D eigenvalue weighted by Crippen LogP contribution is -2.61. The Morgan fingerprint density at radius 1 is 0.625 bits per heavy atom. The number of carbonyl (C=O) groups is 9. The molecule has 0 radical (unpaired) electrons. The van der Waals surface area contributed by atoms with Gasteiger partial charge in [0.15, 0.2) is 0 Å². The molecule has 0 aliphatic carbocycles. The van der Waals surface area contributed by atoms with Crippen LogP contribution in [-0.2, 0) is 62.4 Å². The van der Waals surface area contributed by atoms with Crippen LogP contribution in [0.3, 0.4) is 0 Å². The number of aromatic nitrogens is 3. The van der Waals surface area contributed by atoms with Crippen molar-refractivity contribution in [3.8, 4) is 5.75 Å². The van der Waals surface area contributed by atoms with Crippen LogP contribution in [0.15, 0.2) is 67.3 Å². The predicted octanol–water partition coefficient (Wildman–Crippen LogP) is -1.26. The van der Waals surface area contributed by atoms with Gasteiger partial charge in [0.05, 0.1) is 18.9 Å². The highest BCUT2D eigenvalue weighted by atomic mass is 32.1. The zero-order valence-electron chi connectivity index (χ0n) is 40.4. The van der Waals surface area contributed by atoms with Gasteiger partial charge in [0.1, 0.15) is 48.0 Å². The highest BCUT2D eigenvalue weighted by Crippen LogP contribution is 2.19. The normalized spacial score (nSPS) is 14.6. The van der Waals surface area contributed by atoms with E-state index in [0.717, 1.165) is 16.5 Å². The summed E-state index contributed by atoms with van der Waals surface area (Å²) >= 11 is 8.21. The maximum absolute atomic E-state index is 14.0. The molecular formula is C47H64N12O11S2. The maximum atomic E-state index is 14.0. The van der Waals surface area contributed by atoms with Crippen molar-refractivity contribution in [3.63, 3.8) is 0 Å². The molecule has 25 heteroatoms. The number of para-hydroxylation sites is 1. The van der Waals surface area contributed by atoms with Gasteiger partial charge in [0.25, 0.3) is 0 Å². The first-order chi connectivity index (χ1) is 34.1. The third kappa shape index (κ3) is 17.0. The number of amides is 8. The number of aliphatic carboxylic acids is 1. The van der Waals surface area contributed by atoms with E-state index in [1.54, 1.807) is 46.0 Å². The number of aromatic hydroxyl groups is 1. The number of fused-ring (bicyclic) bond motifs is 1. The van der Waals surface area contributed by atoms with Gasteiger partial charge in [-0.3, -0.25) is 38.4 Å². The number of phenolic OH excluding ortho intramolecular Hbond substituents is 1. The number of carbonyl (C=O) groups excluding carboxylic acids is 8. The summed E-state index contributed by atoms with van der Waals surface area (Å²) in [6.45, 7) is 7.27. The first-order valence-electron chi connectivity index (χ1n) is 23.0. The Kier molecular flexibility index (Phi) is 21.9. The summed E-state index contributed by atoms with van der Waals surface area (Å²) in [5, 5.41) is 40.3. The van der Waals surface area contributed by atoms with E-state index in [2.05, 4.69) is 82.7 Å². The lowest BCUT2D eigenvalue weighted by molar-refractivity contribution is -0.141. The molecule has 390 valence electrons. The molecule has 2 aromatic carbocycles. The van der Waals surface area contributed by atoms with Crippen molar-refractivity contribution >= 4 is 89.4 Å². The summed E-state index contributed by atoms with van der Waals surface area (Å²) in [6, 6.07) is 3.59. The van der Waals surface area contributed by atoms with Crippen LogP contribution >= 0.6 is 25.3 Å². The molecule has 72 heavy (non-hydrogen) atoms. The van der Waals surface area contributed by atoms with Gasteiger partial charge >= 0.3 is 5.97 Å². The molecular weight excluding hydrogens is 973 g/mol. The lowest BCUT2D eigenvalue weighted by Gasteiger charge is -2.28. The van der Waals surface area contributed by atoms with Gasteiger partial charge in [-0.2, -0.15) is 25.3 Å². The van der Waals surface area contributed by atoms with E-state index < -0.39 is 120 Å². The van der Waals surface area contributed by atoms with E-state index in [-0.39, 0.29) is 36.5 Å². The summed E-state index contributed by atoms with van der Waals surface area (Å²) in [5.74, 6) is -9.06. The number of H-pyrrole nitrogens is 2. The van der Waals surface area contributed by atoms with Crippen molar-refractivity contribution < 1.29 is 53.4 Å². The number of imidazole rings is 1. The standard InChI is InChI=1S/C47H64N12O11S2/c1-23(2)38(45(67)51-19-37(61)53-25(5)40(62)54-34(16-28-18-49-22-52-28)42(64)57-36(21-72)47(69)70)58-44(66)35(20-71)56-46(68)39(24(3)4)59-43(65)33(14-26-10-12-29(60)13-11-26)55-41(63)31(48)15-27-17-50-32-9-7-6-8-30(27)32/h6-13,17-18,22-25,31,33-36,38-39,50,60,71-72H,14-16,19-21,48H2,1-5H3,(H,49,52)(H,51,67)(H,53,61)(H,54,62)(H,55,63)(H,56,68)(H,57,64)(H,58,66)(H,59,65)(H,69,70)/t25-,31-,33-,34-,35-,36-,38-,39-/m0/s1. The second kappa shape index (κ2) is 27.5. The van der Waals surface area contributed by atoms with Gasteiger partial charge in [-0.15, -0.1) is 0 Å². The number of carboxylic acid groups (broad SMARTS) is 1. The Labute approximate surface area is 426 Å². The second-order valence-electron chi connectivity index (χ2n) is 17.7. The fourth-order valence-corrected chi connectivity index (χ4v) is 7.74. The van der Waals surface area contributed by atoms with Crippen LogP contribution in [0, 0.1) is 11.8 Å². The quantitative estimate of drug-likeness (QED) is 0.0311. The van der Waals surface area contributed by atoms with Gasteiger partial charge in [-0.25, -0.2) is 9.78 Å². The molecule has 8 amide bonds. The van der Waals surface area contributed by atoms with Gasteiger partial charge in [-0.1, -0.05) is 58.0 Å². The van der Waals surface area contributed by atoms with Crippen molar-refractivity contribution in [1.82, 2.24) is 57.5 Å². The van der Waals surface area contributed by atoms with E-state index >= 15 is 0 Å². The molecule has 0 saturated carbocycles. The van der Waals surface area contributed by atoms with Crippen molar-refractivity contribution in [3.05, 3.63) is 84.1 Å². The number of carboxylic acids is 1. The Bertz CT molecular complexity index is 2520. The Hall–Kier alpha value is -7.12. The van der Waals surface area contributed by atoms with E-state index in [9.17, 15) is 53.4 Å². The fourth-order valence-electron chi connectivity index (χ4n) is 7.23. The van der Waals surface area contributed by atoms with Crippen molar-refractivity contribution in [1.29, 1.82) is 0 Å². The number of thiol groups is 2. The molecule has 2 aromatic heterocycles. The number of phenols is 1. The topological polar surface area (TPSA) is 361 Å². The van der Waals surface area contributed by atoms with E-state index in [0.29, 0.717) is 11.3 Å². The Morgan fingerprint density at radius 3 is 1.78 bits per heavy atom. The SMILES string of the molecule is CC(C)[C@H](NC(=O)[C@H](CS)NC(=O)[C@@H](NC(=O)[C@H](Cc1ccc(O)cc1)NC(=O)[C@@H](N)Cc1c[nH]c2ccccc12)C(C)C)C(=O)NCC(=O)N[C@@H](C)C(=O)N[C@@H](Cc1cnc[nH]1)C(=O)N[C@@H](CS)C(=O)O. The first-order valence-corrected chi connectivity index (χ1v) is 24.3. The molecule has 2 heterocycles. The molecule has 23 nitrogen and oxygen atoms in total. The smallest absolute Gasteiger partial charge is 0.327 e. The van der Waals surface area contributed by atoms with Crippen molar-refractivity contribution in [2.45, 2.75) is 102 Å². The molecule has 0 unspecified atom stereocenters. The highest BCUT2D eigenvalue weighted by Gasteiger charge is 2.34. The van der Waals surface area contributed by atoms with Gasteiger partial charge in [0.2, 0.25) is 47.3 Å². The summed E-state index contributed by atoms with van der Waals surface area (Å²) < 4.78 is 0. The summed E-state index contributed by atoms with van der Waals surface area (Å²) in [5.41, 5.74) is 9.05. The van der Waals surface area contributed by atoms with Crippen LogP contribution in [0.5, 0.6) is 5.75 Å². The monoisotopic (exact) mass is 1040 g/mol. The zero-order valence-corrected chi connectivity index (χ0v) is 42.1. The molecule has 0 aliphatic heterocycles. The van der Waals surface area contributed by atoms with E-state index in [1.165, 1.54) is 31.6 Å². The number of hydrogen-bond donors (Lipinski definition) is 15. The minimum absolute atomic E-state index is 0.00949. The average molecular weight is 1040 g/mol. The summed E-state index contributed by atoms with van der Waals surface area (Å²) in [7, 11) is 0. The number of rotatable bonds is 27. The number of benzene rings is 2. The molecule has 0 bridgehead atoms. The molecule has 14 N–H and O–H groups in total. The minimum Gasteiger partial charge on any atom is -0.508 e. The third-order valence-electron chi connectivity index (χ3n) is 11.4. The molecule has 4 rings (SSSR count). The lowest BCUT2D eigenvalue weighted by atomic mass is 9.99. The number of nitrogens with one attached hydrogen (secondary N) is 10.